The number of anilines is 2. The van der Waals surface area contributed by atoms with Gasteiger partial charge in [-0.3, -0.25) is 9.89 Å². The minimum Gasteiger partial charge on any atom is -0.405 e. The van der Waals surface area contributed by atoms with Crippen molar-refractivity contribution in [1.29, 1.82) is 0 Å². The third-order valence-electron chi connectivity index (χ3n) is 5.03. The van der Waals surface area contributed by atoms with Crippen molar-refractivity contribution < 1.29 is 4.79 Å². The zero-order valence-electron chi connectivity index (χ0n) is 17.8. The van der Waals surface area contributed by atoms with E-state index in [1.165, 1.54) is 18.5 Å². The molecule has 34 heavy (non-hydrogen) atoms. The lowest BCUT2D eigenvalue weighted by Crippen LogP contribution is -2.23. The number of fused-ring (bicyclic) bond motifs is 2. The van der Waals surface area contributed by atoms with Crippen molar-refractivity contribution in [3.8, 4) is 11.5 Å². The lowest BCUT2D eigenvalue weighted by molar-refractivity contribution is 0.0963. The van der Waals surface area contributed by atoms with E-state index in [-0.39, 0.29) is 5.91 Å². The molecule has 8 N–H and O–H groups in total. The molecule has 11 heteroatoms. The van der Waals surface area contributed by atoms with Gasteiger partial charge < -0.3 is 27.1 Å². The third kappa shape index (κ3) is 4.12. The van der Waals surface area contributed by atoms with Crippen LogP contribution < -0.4 is 22.1 Å². The van der Waals surface area contributed by atoms with Crippen LogP contribution in [-0.2, 0) is 0 Å². The number of hydrogen-bond donors (Lipinski definition) is 6. The van der Waals surface area contributed by atoms with Gasteiger partial charge in [0.15, 0.2) is 5.82 Å². The lowest BCUT2D eigenvalue weighted by atomic mass is 10.2. The van der Waals surface area contributed by atoms with Crippen LogP contribution >= 0.6 is 0 Å². The maximum atomic E-state index is 12.5. The van der Waals surface area contributed by atoms with E-state index in [0.29, 0.717) is 34.4 Å². The van der Waals surface area contributed by atoms with Crippen LogP contribution in [0.4, 0.5) is 11.5 Å². The van der Waals surface area contributed by atoms with Gasteiger partial charge in [-0.05, 0) is 54.7 Å². The van der Waals surface area contributed by atoms with E-state index in [1.54, 1.807) is 30.6 Å². The molecule has 0 unspecified atom stereocenters. The second-order valence-corrected chi connectivity index (χ2v) is 7.32. The molecule has 1 aromatic carbocycles. The molecular weight excluding hydrogens is 432 g/mol. The van der Waals surface area contributed by atoms with Crippen LogP contribution in [0, 0.1) is 0 Å². The lowest BCUT2D eigenvalue weighted by Gasteiger charge is -2.07. The molecule has 0 aliphatic rings. The van der Waals surface area contributed by atoms with Crippen molar-refractivity contribution in [3.63, 3.8) is 0 Å². The Balaban J connectivity index is 1.39. The molecule has 0 atom stereocenters. The Morgan fingerprint density at radius 2 is 1.94 bits per heavy atom. The topological polar surface area (TPSA) is 176 Å². The quantitative estimate of drug-likeness (QED) is 0.213. The van der Waals surface area contributed by atoms with Crippen LogP contribution in [0.3, 0.4) is 0 Å². The van der Waals surface area contributed by atoms with Gasteiger partial charge in [0, 0.05) is 28.9 Å². The van der Waals surface area contributed by atoms with Crippen LogP contribution in [-0.4, -0.2) is 36.0 Å². The van der Waals surface area contributed by atoms with Gasteiger partial charge in [-0.15, -0.1) is 0 Å². The molecule has 4 aromatic heterocycles. The first-order chi connectivity index (χ1) is 16.6. The number of benzene rings is 1. The van der Waals surface area contributed by atoms with Crippen LogP contribution in [0.5, 0.6) is 0 Å². The van der Waals surface area contributed by atoms with Crippen molar-refractivity contribution in [2.24, 2.45) is 11.5 Å². The van der Waals surface area contributed by atoms with E-state index in [0.717, 1.165) is 22.0 Å². The van der Waals surface area contributed by atoms with Gasteiger partial charge in [-0.25, -0.2) is 15.0 Å². The summed E-state index contributed by atoms with van der Waals surface area (Å²) in [7, 11) is 0. The van der Waals surface area contributed by atoms with Gasteiger partial charge in [-0.1, -0.05) is 0 Å². The van der Waals surface area contributed by atoms with Gasteiger partial charge in [-0.2, -0.15) is 5.10 Å². The molecule has 5 rings (SSSR count). The number of allylic oxidation sites excluding steroid dienone is 1. The predicted molar refractivity (Wildman–Crippen MR) is 130 cm³/mol. The number of pyridine rings is 1. The Labute approximate surface area is 193 Å². The number of carbonyl (C=O) groups excluding carboxylic acids is 1. The smallest absolute Gasteiger partial charge is 0.272 e. The molecule has 0 aliphatic carbocycles. The molecule has 4 heterocycles. The summed E-state index contributed by atoms with van der Waals surface area (Å²) in [5, 5.41) is 14.7. The number of amides is 1. The van der Waals surface area contributed by atoms with Gasteiger partial charge >= 0.3 is 0 Å². The molecule has 0 radical (unpaired) electrons. The van der Waals surface area contributed by atoms with E-state index < -0.39 is 0 Å². The summed E-state index contributed by atoms with van der Waals surface area (Å²) in [6, 6.07) is 13.0. The number of nitrogens with one attached hydrogen (secondary N) is 4. The molecule has 0 fully saturated rings. The molecule has 0 aliphatic heterocycles. The van der Waals surface area contributed by atoms with Crippen LogP contribution in [0.15, 0.2) is 79.0 Å². The molecule has 0 saturated carbocycles. The second kappa shape index (κ2) is 8.74. The molecular formula is C23H20N10O. The first-order valence-corrected chi connectivity index (χ1v) is 10.3. The number of H-pyrrole nitrogens is 2. The van der Waals surface area contributed by atoms with Gasteiger partial charge in [0.1, 0.15) is 22.9 Å². The summed E-state index contributed by atoms with van der Waals surface area (Å²) in [6.45, 7) is 0. The highest BCUT2D eigenvalue weighted by Gasteiger charge is 2.13. The number of aromatic amines is 2. The monoisotopic (exact) mass is 452 g/mol. The van der Waals surface area contributed by atoms with Gasteiger partial charge in [0.25, 0.3) is 5.91 Å². The van der Waals surface area contributed by atoms with Crippen molar-refractivity contribution in [2.45, 2.75) is 0 Å². The van der Waals surface area contributed by atoms with Crippen molar-refractivity contribution in [3.05, 3.63) is 84.7 Å². The Bertz CT molecular complexity index is 1560. The highest BCUT2D eigenvalue weighted by Crippen LogP contribution is 2.23. The Morgan fingerprint density at radius 1 is 1.03 bits per heavy atom. The first kappa shape index (κ1) is 20.7. The average molecular weight is 452 g/mol. The van der Waals surface area contributed by atoms with E-state index in [9.17, 15) is 4.79 Å². The zero-order valence-corrected chi connectivity index (χ0v) is 17.8. The number of rotatable bonds is 6. The molecule has 0 saturated heterocycles. The third-order valence-corrected chi connectivity index (χ3v) is 5.03. The summed E-state index contributed by atoms with van der Waals surface area (Å²) in [4.78, 5) is 29.1. The fourth-order valence-corrected chi connectivity index (χ4v) is 3.41. The fraction of sp³-hybridized carbons (Fsp3) is 0. The van der Waals surface area contributed by atoms with E-state index in [2.05, 4.69) is 40.8 Å². The molecule has 0 spiro atoms. The van der Waals surface area contributed by atoms with Gasteiger partial charge in [0.2, 0.25) is 0 Å². The number of carbonyl (C=O) groups is 1. The summed E-state index contributed by atoms with van der Waals surface area (Å²) >= 11 is 0. The minimum atomic E-state index is -0.369. The molecule has 11 nitrogen and oxygen atoms in total. The van der Waals surface area contributed by atoms with Crippen molar-refractivity contribution in [2.75, 3.05) is 5.32 Å². The SMILES string of the molecule is N/C=C\C(=C/N)NC(=O)c1cc2ccc(-c3nccc(Nc4ccc5[nH]ncc5c4)n3)nc2[nH]1. The molecule has 0 bridgehead atoms. The highest BCUT2D eigenvalue weighted by molar-refractivity contribution is 5.98. The van der Waals surface area contributed by atoms with Gasteiger partial charge in [0.05, 0.1) is 17.4 Å². The largest absolute Gasteiger partial charge is 0.405 e. The zero-order chi connectivity index (χ0) is 23.5. The highest BCUT2D eigenvalue weighted by atomic mass is 16.1. The summed E-state index contributed by atoms with van der Waals surface area (Å²) in [6.07, 6.45) is 7.45. The summed E-state index contributed by atoms with van der Waals surface area (Å²) in [5.74, 6) is 0.695. The molecule has 5 aromatic rings. The molecule has 1 amide bonds. The first-order valence-electron chi connectivity index (χ1n) is 10.3. The average Bonchev–Trinajstić information content (AvgIpc) is 3.50. The number of hydrogen-bond acceptors (Lipinski definition) is 8. The summed E-state index contributed by atoms with van der Waals surface area (Å²) in [5.41, 5.74) is 14.5. The number of aromatic nitrogens is 6. The second-order valence-electron chi connectivity index (χ2n) is 7.32. The standard InChI is InChI=1S/C23H20N10O/c24-7-5-16(11-25)29-23(34)19-10-13-1-3-18(30-21(13)31-19)22-26-8-6-20(32-22)28-15-2-4-17-14(9-15)12-27-33-17/h1-12H,24-25H2,(H,27,33)(H,29,34)(H,30,31)(H,26,28,32)/b7-5-,16-11+. The van der Waals surface area contributed by atoms with E-state index in [1.807, 2.05) is 24.3 Å². The minimum absolute atomic E-state index is 0.329. The maximum Gasteiger partial charge on any atom is 0.272 e. The van der Waals surface area contributed by atoms with Crippen molar-refractivity contribution in [1.82, 2.24) is 35.5 Å². The number of nitrogens with two attached hydrogens (primary N) is 2. The maximum absolute atomic E-state index is 12.5. The predicted octanol–water partition coefficient (Wildman–Crippen LogP) is 2.64. The van der Waals surface area contributed by atoms with Crippen LogP contribution in [0.2, 0.25) is 0 Å². The normalized spacial score (nSPS) is 11.9. The van der Waals surface area contributed by atoms with E-state index in [4.69, 9.17) is 11.5 Å². The van der Waals surface area contributed by atoms with E-state index >= 15 is 0 Å². The Hall–Kier alpha value is -5.19. The van der Waals surface area contributed by atoms with Crippen LogP contribution in [0.25, 0.3) is 33.5 Å². The van der Waals surface area contributed by atoms with Crippen molar-refractivity contribution >= 4 is 39.3 Å². The van der Waals surface area contributed by atoms with Crippen LogP contribution in [0.1, 0.15) is 10.5 Å². The summed E-state index contributed by atoms with van der Waals surface area (Å²) < 4.78 is 0. The number of nitrogens with zero attached hydrogens (tertiary/aromatic N) is 4. The Morgan fingerprint density at radius 3 is 2.79 bits per heavy atom. The fourth-order valence-electron chi connectivity index (χ4n) is 3.41. The molecule has 168 valence electrons. The Kier molecular flexibility index (Phi) is 5.32.